The molecule has 0 N–H and O–H groups in total. The van der Waals surface area contributed by atoms with Gasteiger partial charge in [-0.2, -0.15) is 0 Å². The van der Waals surface area contributed by atoms with Crippen molar-refractivity contribution in [3.63, 3.8) is 0 Å². The molecule has 0 spiro atoms. The first-order chi connectivity index (χ1) is 9.70. The summed E-state index contributed by atoms with van der Waals surface area (Å²) in [6.45, 7) is 0.581. The molecule has 1 aromatic rings. The average Bonchev–Trinajstić information content (AvgIpc) is 2.95. The third-order valence-electron chi connectivity index (χ3n) is 3.68. The van der Waals surface area contributed by atoms with Crippen LogP contribution < -0.4 is 4.74 Å². The molecule has 3 rings (SSSR count). The summed E-state index contributed by atoms with van der Waals surface area (Å²) in [6.07, 6.45) is 0. The highest BCUT2D eigenvalue weighted by molar-refractivity contribution is 7.99. The predicted molar refractivity (Wildman–Crippen MR) is 76.4 cm³/mol. The quantitative estimate of drug-likeness (QED) is 0.832. The van der Waals surface area contributed by atoms with Gasteiger partial charge in [-0.15, -0.1) is 11.8 Å². The Bertz CT molecular complexity index is 549. The van der Waals surface area contributed by atoms with Gasteiger partial charge in [-0.05, 0) is 6.07 Å². The van der Waals surface area contributed by atoms with Crippen molar-refractivity contribution in [2.24, 2.45) is 0 Å². The molecule has 106 valence electrons. The Labute approximate surface area is 121 Å². The van der Waals surface area contributed by atoms with Crippen molar-refractivity contribution in [1.82, 2.24) is 9.80 Å². The number of benzene rings is 1. The van der Waals surface area contributed by atoms with E-state index in [4.69, 9.17) is 4.74 Å². The van der Waals surface area contributed by atoms with Gasteiger partial charge in [0.1, 0.15) is 18.3 Å². The van der Waals surface area contributed by atoms with Crippen LogP contribution in [0.25, 0.3) is 0 Å². The van der Waals surface area contributed by atoms with E-state index in [9.17, 15) is 9.59 Å². The number of hydrogen-bond donors (Lipinski definition) is 0. The van der Waals surface area contributed by atoms with Crippen LogP contribution in [-0.4, -0.2) is 52.9 Å². The van der Waals surface area contributed by atoms with Gasteiger partial charge in [0.25, 0.3) is 0 Å². The highest BCUT2D eigenvalue weighted by Crippen LogP contribution is 2.28. The second-order valence-electron chi connectivity index (χ2n) is 4.89. The second kappa shape index (κ2) is 5.36. The number of hydrogen-bond acceptors (Lipinski definition) is 4. The van der Waals surface area contributed by atoms with Crippen LogP contribution in [0, 0.1) is 0 Å². The molecule has 20 heavy (non-hydrogen) atoms. The lowest BCUT2D eigenvalue weighted by Crippen LogP contribution is -2.57. The Morgan fingerprint density at radius 2 is 2.15 bits per heavy atom. The molecule has 0 radical (unpaired) electrons. The summed E-state index contributed by atoms with van der Waals surface area (Å²) in [5.74, 6) is 2.16. The van der Waals surface area contributed by atoms with Crippen molar-refractivity contribution in [3.8, 4) is 5.75 Å². The van der Waals surface area contributed by atoms with Crippen molar-refractivity contribution in [1.29, 1.82) is 0 Å². The fourth-order valence-corrected chi connectivity index (χ4v) is 3.78. The summed E-state index contributed by atoms with van der Waals surface area (Å²) < 4.78 is 5.30. The topological polar surface area (TPSA) is 49.9 Å². The Morgan fingerprint density at radius 1 is 1.35 bits per heavy atom. The van der Waals surface area contributed by atoms with Gasteiger partial charge in [0.2, 0.25) is 11.8 Å². The molecule has 0 aliphatic carbocycles. The Kier molecular flexibility index (Phi) is 3.56. The third-order valence-corrected chi connectivity index (χ3v) is 4.69. The molecular weight excluding hydrogens is 276 g/mol. The molecule has 0 unspecified atom stereocenters. The molecule has 2 fully saturated rings. The number of carbonyl (C=O) groups excluding carboxylic acids is 2. The number of methoxy groups -OCH3 is 1. The molecule has 2 amide bonds. The van der Waals surface area contributed by atoms with E-state index in [0.717, 1.165) is 11.3 Å². The maximum absolute atomic E-state index is 12.4. The predicted octanol–water partition coefficient (Wildman–Crippen LogP) is 0.939. The fraction of sp³-hybridized carbons (Fsp3) is 0.429. The average molecular weight is 292 g/mol. The molecule has 1 atom stereocenters. The van der Waals surface area contributed by atoms with Crippen LogP contribution in [0.1, 0.15) is 5.56 Å². The van der Waals surface area contributed by atoms with Crippen molar-refractivity contribution in [3.05, 3.63) is 29.8 Å². The van der Waals surface area contributed by atoms with Gasteiger partial charge in [0, 0.05) is 17.9 Å². The number of thioether (sulfide) groups is 1. The van der Waals surface area contributed by atoms with E-state index in [2.05, 4.69) is 0 Å². The fourth-order valence-electron chi connectivity index (χ4n) is 2.61. The van der Waals surface area contributed by atoms with E-state index < -0.39 is 0 Å². The van der Waals surface area contributed by atoms with E-state index >= 15 is 0 Å². The van der Waals surface area contributed by atoms with Crippen molar-refractivity contribution >= 4 is 23.6 Å². The van der Waals surface area contributed by atoms with E-state index in [0.29, 0.717) is 18.2 Å². The van der Waals surface area contributed by atoms with Crippen LogP contribution >= 0.6 is 11.8 Å². The molecule has 2 aliphatic heterocycles. The summed E-state index contributed by atoms with van der Waals surface area (Å²) >= 11 is 1.64. The number of piperazine rings is 1. The lowest BCUT2D eigenvalue weighted by molar-refractivity contribution is -0.153. The highest BCUT2D eigenvalue weighted by Gasteiger charge is 2.42. The Hall–Kier alpha value is -1.69. The van der Waals surface area contributed by atoms with E-state index in [1.54, 1.807) is 28.7 Å². The molecule has 1 aromatic carbocycles. The van der Waals surface area contributed by atoms with Gasteiger partial charge in [0.15, 0.2) is 0 Å². The third kappa shape index (κ3) is 2.24. The Balaban J connectivity index is 1.80. The van der Waals surface area contributed by atoms with Gasteiger partial charge < -0.3 is 14.5 Å². The first-order valence-corrected chi connectivity index (χ1v) is 7.64. The molecule has 0 saturated carbocycles. The van der Waals surface area contributed by atoms with Crippen molar-refractivity contribution in [2.45, 2.75) is 12.6 Å². The second-order valence-corrected chi connectivity index (χ2v) is 5.89. The normalized spacial score (nSPS) is 22.1. The summed E-state index contributed by atoms with van der Waals surface area (Å²) in [7, 11) is 1.61. The first kappa shape index (κ1) is 13.3. The number of amides is 2. The zero-order valence-electron chi connectivity index (χ0n) is 11.2. The number of fused-ring (bicyclic) bond motifs is 1. The molecule has 6 heteroatoms. The monoisotopic (exact) mass is 292 g/mol. The van der Waals surface area contributed by atoms with Crippen LogP contribution in [0.5, 0.6) is 5.75 Å². The van der Waals surface area contributed by atoms with E-state index in [1.807, 2.05) is 24.3 Å². The molecule has 5 nitrogen and oxygen atoms in total. The molecule has 0 bridgehead atoms. The van der Waals surface area contributed by atoms with Crippen LogP contribution in [0.4, 0.5) is 0 Å². The maximum atomic E-state index is 12.4. The lowest BCUT2D eigenvalue weighted by Gasteiger charge is -2.36. The van der Waals surface area contributed by atoms with Crippen LogP contribution in [0.3, 0.4) is 0 Å². The summed E-state index contributed by atoms with van der Waals surface area (Å²) in [5, 5.41) is 0. The van der Waals surface area contributed by atoms with Crippen LogP contribution in [0.15, 0.2) is 24.3 Å². The van der Waals surface area contributed by atoms with Crippen molar-refractivity contribution < 1.29 is 14.3 Å². The van der Waals surface area contributed by atoms with Gasteiger partial charge in [-0.25, -0.2) is 0 Å². The number of ether oxygens (including phenoxy) is 1. The molecular formula is C14H16N2O3S. The summed E-state index contributed by atoms with van der Waals surface area (Å²) in [6, 6.07) is 7.30. The largest absolute Gasteiger partial charge is 0.496 e. The number of para-hydroxylation sites is 1. The van der Waals surface area contributed by atoms with Crippen molar-refractivity contribution in [2.75, 3.05) is 25.3 Å². The zero-order chi connectivity index (χ0) is 14.1. The van der Waals surface area contributed by atoms with Gasteiger partial charge >= 0.3 is 0 Å². The highest BCUT2D eigenvalue weighted by atomic mass is 32.2. The number of nitrogens with zero attached hydrogens (tertiary/aromatic N) is 2. The first-order valence-electron chi connectivity index (χ1n) is 6.48. The minimum Gasteiger partial charge on any atom is -0.496 e. The summed E-state index contributed by atoms with van der Waals surface area (Å²) in [4.78, 5) is 27.8. The van der Waals surface area contributed by atoms with Crippen LogP contribution in [-0.2, 0) is 16.1 Å². The Morgan fingerprint density at radius 3 is 2.95 bits per heavy atom. The van der Waals surface area contributed by atoms with E-state index in [1.165, 1.54) is 0 Å². The molecule has 2 heterocycles. The molecule has 0 aromatic heterocycles. The SMILES string of the molecule is COc1ccccc1CN1CC(=O)N2CSC[C@H]2C1=O. The number of rotatable bonds is 3. The maximum Gasteiger partial charge on any atom is 0.247 e. The summed E-state index contributed by atoms with van der Waals surface area (Å²) in [5.41, 5.74) is 0.926. The smallest absolute Gasteiger partial charge is 0.247 e. The molecule has 2 aliphatic rings. The van der Waals surface area contributed by atoms with Gasteiger partial charge in [-0.3, -0.25) is 9.59 Å². The number of carbonyl (C=O) groups is 2. The molecule has 2 saturated heterocycles. The minimum atomic E-state index is -0.282. The zero-order valence-corrected chi connectivity index (χ0v) is 12.1. The van der Waals surface area contributed by atoms with Gasteiger partial charge in [-0.1, -0.05) is 18.2 Å². The lowest BCUT2D eigenvalue weighted by atomic mass is 10.1. The van der Waals surface area contributed by atoms with Crippen LogP contribution in [0.2, 0.25) is 0 Å². The van der Waals surface area contributed by atoms with Gasteiger partial charge in [0.05, 0.1) is 13.0 Å². The minimum absolute atomic E-state index is 0.0366. The standard InChI is InChI=1S/C14H16N2O3S/c1-19-12-5-3-2-4-10(12)6-15-7-13(17)16-9-20-8-11(16)14(15)18/h2-5,11H,6-9H2,1H3/t11-/m0/s1. The van der Waals surface area contributed by atoms with E-state index in [-0.39, 0.29) is 24.4 Å².